The van der Waals surface area contributed by atoms with Crippen LogP contribution in [0.2, 0.25) is 0 Å². The summed E-state index contributed by atoms with van der Waals surface area (Å²) in [6, 6.07) is 0. The van der Waals surface area contributed by atoms with Gasteiger partial charge in [0.1, 0.15) is 0 Å². The Kier molecular flexibility index (Phi) is 21.5. The van der Waals surface area contributed by atoms with E-state index in [4.69, 9.17) is 30.0 Å². The number of rotatable bonds is 12. The summed E-state index contributed by atoms with van der Waals surface area (Å²) in [4.78, 5) is 58.5. The number of nitrogens with zero attached hydrogens (tertiary/aromatic N) is 6. The van der Waals surface area contributed by atoms with Crippen molar-refractivity contribution in [3.63, 3.8) is 0 Å². The third-order valence-corrected chi connectivity index (χ3v) is 27.1. The molecule has 24 bridgehead atoms. The molecule has 0 atom stereocenters. The molecule has 0 fully saturated rings. The first-order valence-corrected chi connectivity index (χ1v) is 42.1. The number of aliphatic imine (C=N–C) groups is 6. The topological polar surface area (TPSA) is 169 Å². The Hall–Kier alpha value is -9.42. The van der Waals surface area contributed by atoms with E-state index < -0.39 is 16.2 Å². The minimum absolute atomic E-state index is 0.414. The van der Waals surface area contributed by atoms with Gasteiger partial charge in [0.05, 0.1) is 68.5 Å². The van der Waals surface area contributed by atoms with Crippen LogP contribution in [0, 0.1) is 83.1 Å². The van der Waals surface area contributed by atoms with Crippen LogP contribution in [0.3, 0.4) is 0 Å². The van der Waals surface area contributed by atoms with E-state index in [1.807, 2.05) is 0 Å². The molecule has 0 saturated heterocycles. The first-order chi connectivity index (χ1) is 52.7. The predicted molar refractivity (Wildman–Crippen MR) is 476 cm³/mol. The Morgan fingerprint density at radius 3 is 0.414 bits per heavy atom. The van der Waals surface area contributed by atoms with Crippen molar-refractivity contribution in [2.45, 2.75) is 301 Å². The van der Waals surface area contributed by atoms with Gasteiger partial charge in [-0.2, -0.15) is 0 Å². The van der Waals surface area contributed by atoms with Crippen molar-refractivity contribution in [3.8, 4) is 0 Å². The van der Waals surface area contributed by atoms with Crippen molar-refractivity contribution in [2.24, 2.45) is 30.0 Å². The van der Waals surface area contributed by atoms with Gasteiger partial charge in [-0.1, -0.05) is 83.1 Å². The van der Waals surface area contributed by atoms with Crippen LogP contribution in [-0.2, 0) is 16.2 Å². The second kappa shape index (κ2) is 29.9. The molecule has 582 valence electrons. The second-order valence-corrected chi connectivity index (χ2v) is 33.8. The highest BCUT2D eigenvalue weighted by Crippen LogP contribution is 2.48. The molecule has 0 unspecified atom stereocenters. The molecular formula is C99H126N12. The number of fused-ring (bicyclic) bond motifs is 21. The van der Waals surface area contributed by atoms with E-state index in [0.29, 0.717) is 0 Å². The maximum atomic E-state index is 5.70. The summed E-state index contributed by atoms with van der Waals surface area (Å²) < 4.78 is 0. The average molecular weight is 1480 g/mol. The van der Waals surface area contributed by atoms with Gasteiger partial charge < -0.3 is 29.9 Å². The van der Waals surface area contributed by atoms with E-state index in [-0.39, 0.29) is 0 Å². The highest BCUT2D eigenvalue weighted by atomic mass is 14.9. The van der Waals surface area contributed by atoms with Gasteiger partial charge in [-0.05, 0) is 372 Å². The van der Waals surface area contributed by atoms with Gasteiger partial charge in [0.15, 0.2) is 0 Å². The summed E-state index contributed by atoms with van der Waals surface area (Å²) in [5.74, 6) is 0. The summed E-state index contributed by atoms with van der Waals surface area (Å²) >= 11 is 0. The van der Waals surface area contributed by atoms with Gasteiger partial charge in [-0.3, -0.25) is 0 Å². The van der Waals surface area contributed by atoms with Crippen molar-refractivity contribution in [3.05, 3.63) is 236 Å². The number of allylic oxidation sites excluding steroid dienone is 12. The molecule has 0 aromatic carbocycles. The number of hydrogen-bond donors (Lipinski definition) is 6. The van der Waals surface area contributed by atoms with Crippen LogP contribution < -0.4 is 0 Å². The van der Waals surface area contributed by atoms with Crippen molar-refractivity contribution in [2.75, 3.05) is 0 Å². The van der Waals surface area contributed by atoms with Crippen molar-refractivity contribution >= 4 is 70.7 Å². The largest absolute Gasteiger partial charge is 0.358 e. The van der Waals surface area contributed by atoms with Crippen LogP contribution in [0.4, 0.5) is 0 Å². The first kappa shape index (κ1) is 79.7. The molecule has 0 saturated carbocycles. The first-order valence-electron chi connectivity index (χ1n) is 42.1. The third-order valence-electron chi connectivity index (χ3n) is 27.1. The number of hydrogen-bond acceptors (Lipinski definition) is 6. The average Bonchev–Trinajstić information content (AvgIpc) is 1.61. The molecule has 0 radical (unpaired) electrons. The zero-order chi connectivity index (χ0) is 80.4. The third kappa shape index (κ3) is 12.6. The van der Waals surface area contributed by atoms with E-state index in [0.717, 1.165) is 180 Å². The molecular weight excluding hydrogens is 1360 g/mol. The zero-order valence-corrected chi connectivity index (χ0v) is 73.1. The lowest BCUT2D eigenvalue weighted by atomic mass is 9.81. The van der Waals surface area contributed by atoms with Crippen molar-refractivity contribution < 1.29 is 0 Å². The Labute approximate surface area is 663 Å². The fourth-order valence-electron chi connectivity index (χ4n) is 19.9. The summed E-state index contributed by atoms with van der Waals surface area (Å²) in [5.41, 5.74) is 55.1. The highest BCUT2D eigenvalue weighted by molar-refractivity contribution is 6.57. The van der Waals surface area contributed by atoms with Crippen LogP contribution in [-0.4, -0.2) is 64.2 Å². The highest BCUT2D eigenvalue weighted by Gasteiger charge is 2.41. The summed E-state index contributed by atoms with van der Waals surface area (Å²) in [6.45, 7) is 68.9. The Morgan fingerprint density at radius 1 is 0.189 bits per heavy atom. The van der Waals surface area contributed by atoms with Gasteiger partial charge in [-0.15, -0.1) is 0 Å². The standard InChI is InChI=1S/C99H126N12/c1-31-61-67(37-7)85-86-68(38-8)62(32-2)80(101-86)44-74-50(14)57(21)93(107-74)98(27,28)94-58(22)52(16)76(109-94)46-82-65(35-5)71(41-11)89(104-82)90-72(42-12)66(36-6)84(105-90)48-78-54(18)60(24)96(111-78)99(29,30)95-59(23)53(17)77(110-95)47-83-64(34-4)70(40-10)88(103-83)87-69(39-9)63(33-3)81(102-87)45-75-51(15)56(20)92(108-75)97(25,26)91-55(19)49(13)73(106-91)43-79(61)100-85/h43-48,106-111H,31-42H2,1-30H3. The van der Waals surface area contributed by atoms with Gasteiger partial charge in [0, 0.05) is 84.6 Å². The van der Waals surface area contributed by atoms with Crippen LogP contribution in [0.15, 0.2) is 131 Å². The lowest BCUT2D eigenvalue weighted by molar-refractivity contribution is 0.594. The summed E-state index contributed by atoms with van der Waals surface area (Å²) in [6.07, 6.45) is 24.3. The second-order valence-electron chi connectivity index (χ2n) is 33.8. The van der Waals surface area contributed by atoms with Crippen LogP contribution in [0.5, 0.6) is 0 Å². The molecule has 0 spiro atoms. The van der Waals surface area contributed by atoms with E-state index >= 15 is 0 Å². The van der Waals surface area contributed by atoms with Crippen molar-refractivity contribution in [1.82, 2.24) is 29.9 Å². The van der Waals surface area contributed by atoms with E-state index in [9.17, 15) is 0 Å². The van der Waals surface area contributed by atoms with Gasteiger partial charge in [0.2, 0.25) is 0 Å². The molecule has 12 heteroatoms. The normalized spacial score (nSPS) is 18.5. The van der Waals surface area contributed by atoms with Crippen molar-refractivity contribution in [1.29, 1.82) is 0 Å². The SMILES string of the molecule is CCC1=C(CC)C2=NC1=Cc1[nH]c(c(C)c1C)C(C)(C)c1[nH]c(c(C)c1C)C=C1N=C(C3=NC(=Cc4[nH]c(c(C)c4C)C(C)(C)c4[nH]c(c(C)c4C)C=C4N=C(C5=NC(=Cc6[nH]c(c(C)c6C)C(C)(C)c6[nH]c(c(C)c6C)C=C6N=C2C(CC)=C6CC)C(CC)=C5CC)C(CC)=C4CC)C(CC)=C3CC)C(CC)=C1CC. The number of aromatic amines is 6. The molecule has 13 heterocycles. The van der Waals surface area contributed by atoms with E-state index in [1.165, 1.54) is 168 Å². The maximum absolute atomic E-state index is 5.70. The summed E-state index contributed by atoms with van der Waals surface area (Å²) in [5, 5.41) is 0. The molecule has 12 nitrogen and oxygen atoms in total. The van der Waals surface area contributed by atoms with Crippen LogP contribution in [0.1, 0.15) is 337 Å². The summed E-state index contributed by atoms with van der Waals surface area (Å²) in [7, 11) is 0. The van der Waals surface area contributed by atoms with Gasteiger partial charge >= 0.3 is 0 Å². The Bertz CT molecular complexity index is 4710. The van der Waals surface area contributed by atoms with E-state index in [2.05, 4.69) is 274 Å². The van der Waals surface area contributed by atoms with Crippen LogP contribution in [0.25, 0.3) is 36.5 Å². The zero-order valence-electron chi connectivity index (χ0n) is 73.1. The number of H-pyrrole nitrogens is 6. The molecule has 0 aliphatic carbocycles. The molecule has 0 amide bonds. The minimum atomic E-state index is -0.414. The molecule has 13 rings (SSSR count). The number of nitrogens with one attached hydrogen (secondary N) is 6. The smallest absolute Gasteiger partial charge is 0.0932 e. The molecule has 6 N–H and O–H groups in total. The van der Waals surface area contributed by atoms with Gasteiger partial charge in [-0.25, -0.2) is 30.0 Å². The number of aromatic nitrogens is 6. The molecule has 6 aromatic rings. The Morgan fingerprint density at radius 2 is 0.306 bits per heavy atom. The van der Waals surface area contributed by atoms with E-state index in [1.54, 1.807) is 0 Å². The Balaban J connectivity index is 0.985. The quantitative estimate of drug-likeness (QED) is 0.0687. The monoisotopic (exact) mass is 1480 g/mol. The predicted octanol–water partition coefficient (Wildman–Crippen LogP) is 26.2. The minimum Gasteiger partial charge on any atom is -0.358 e. The lowest BCUT2D eigenvalue weighted by Gasteiger charge is -2.25. The maximum Gasteiger partial charge on any atom is 0.0932 e. The molecule has 7 aliphatic heterocycles. The molecule has 111 heavy (non-hydrogen) atoms. The van der Waals surface area contributed by atoms with Gasteiger partial charge in [0.25, 0.3) is 0 Å². The van der Waals surface area contributed by atoms with Crippen LogP contribution >= 0.6 is 0 Å². The fraction of sp³-hybridized carbons (Fsp3) is 0.455. The molecule has 6 aromatic heterocycles. The fourth-order valence-corrected chi connectivity index (χ4v) is 19.9. The lowest BCUT2D eigenvalue weighted by Crippen LogP contribution is -2.22. The molecule has 7 aliphatic rings.